The van der Waals surface area contributed by atoms with E-state index in [1.807, 2.05) is 0 Å². The predicted molar refractivity (Wildman–Crippen MR) is 60.0 cm³/mol. The van der Waals surface area contributed by atoms with Gasteiger partial charge in [-0.1, -0.05) is 0 Å². The molecule has 0 aliphatic rings. The Morgan fingerprint density at radius 2 is 1.53 bits per heavy atom. The van der Waals surface area contributed by atoms with Crippen LogP contribution in [0.3, 0.4) is 0 Å². The molecule has 7 heteroatoms. The molecule has 0 aliphatic carbocycles. The molecule has 104 valence electrons. The topological polar surface area (TPSA) is 18.5 Å². The monoisotopic (exact) mass is 280 g/mol. The van der Waals surface area contributed by atoms with Gasteiger partial charge in [-0.05, 0) is 12.1 Å². The summed E-state index contributed by atoms with van der Waals surface area (Å²) in [5.41, 5.74) is -0.689. The van der Waals surface area contributed by atoms with Crippen molar-refractivity contribution in [1.29, 1.82) is 0 Å². The van der Waals surface area contributed by atoms with Gasteiger partial charge in [0.1, 0.15) is 11.5 Å². The van der Waals surface area contributed by atoms with Crippen molar-refractivity contribution in [1.82, 2.24) is 0 Å². The Bertz CT molecular complexity index is 529. The summed E-state index contributed by atoms with van der Waals surface area (Å²) in [4.78, 5) is 0. The van der Waals surface area contributed by atoms with Gasteiger partial charge < -0.3 is 9.47 Å². The minimum Gasteiger partial charge on any atom is -0.496 e. The van der Waals surface area contributed by atoms with Crippen LogP contribution in [0.25, 0.3) is 11.9 Å². The summed E-state index contributed by atoms with van der Waals surface area (Å²) in [5.74, 6) is -2.29. The summed E-state index contributed by atoms with van der Waals surface area (Å²) in [7, 11) is 2.25. The van der Waals surface area contributed by atoms with Gasteiger partial charge >= 0.3 is 6.08 Å². The van der Waals surface area contributed by atoms with E-state index >= 15 is 0 Å². The normalized spacial score (nSPS) is 9.84. The van der Waals surface area contributed by atoms with Gasteiger partial charge in [0, 0.05) is 11.6 Å². The zero-order valence-corrected chi connectivity index (χ0v) is 9.94. The molecular formula is C12H9F5O2. The molecule has 0 aromatic heterocycles. The van der Waals surface area contributed by atoms with Gasteiger partial charge in [0.15, 0.2) is 5.83 Å². The maximum Gasteiger partial charge on any atom is 0.306 e. The zero-order chi connectivity index (χ0) is 14.6. The molecule has 1 rings (SSSR count). The Hall–Kier alpha value is -2.05. The highest BCUT2D eigenvalue weighted by molar-refractivity contribution is 5.72. The number of hydrogen-bond donors (Lipinski definition) is 0. The minimum absolute atomic E-state index is 0.116. The lowest BCUT2D eigenvalue weighted by Crippen LogP contribution is -1.95. The van der Waals surface area contributed by atoms with Gasteiger partial charge in [-0.3, -0.25) is 0 Å². The SMILES string of the molecule is COc1cc(C(F)=C(F)F)c(OC)cc1C=C(F)F. The van der Waals surface area contributed by atoms with Crippen LogP contribution >= 0.6 is 0 Å². The van der Waals surface area contributed by atoms with Crippen molar-refractivity contribution in [2.45, 2.75) is 0 Å². The van der Waals surface area contributed by atoms with Crippen molar-refractivity contribution < 1.29 is 31.4 Å². The molecule has 0 bridgehead atoms. The van der Waals surface area contributed by atoms with E-state index in [1.54, 1.807) is 0 Å². The molecule has 2 nitrogen and oxygen atoms in total. The fraction of sp³-hybridized carbons (Fsp3) is 0.167. The fourth-order valence-electron chi connectivity index (χ4n) is 1.43. The second-order valence-electron chi connectivity index (χ2n) is 3.30. The molecule has 0 atom stereocenters. The van der Waals surface area contributed by atoms with E-state index < -0.39 is 23.6 Å². The van der Waals surface area contributed by atoms with Crippen LogP contribution in [-0.4, -0.2) is 14.2 Å². The molecular weight excluding hydrogens is 271 g/mol. The van der Waals surface area contributed by atoms with Crippen LogP contribution < -0.4 is 9.47 Å². The van der Waals surface area contributed by atoms with Gasteiger partial charge in [0.25, 0.3) is 6.08 Å². The molecule has 1 aromatic rings. The molecule has 0 heterocycles. The molecule has 19 heavy (non-hydrogen) atoms. The average Bonchev–Trinajstić information content (AvgIpc) is 2.36. The van der Waals surface area contributed by atoms with Crippen molar-refractivity contribution >= 4 is 11.9 Å². The van der Waals surface area contributed by atoms with Crippen molar-refractivity contribution in [2.75, 3.05) is 14.2 Å². The summed E-state index contributed by atoms with van der Waals surface area (Å²) in [6, 6.07) is 1.85. The maximum atomic E-state index is 13.2. The summed E-state index contributed by atoms with van der Waals surface area (Å²) < 4.78 is 71.6. The minimum atomic E-state index is -2.54. The third-order valence-electron chi connectivity index (χ3n) is 2.22. The van der Waals surface area contributed by atoms with E-state index in [0.29, 0.717) is 6.08 Å². The van der Waals surface area contributed by atoms with Gasteiger partial charge in [0.05, 0.1) is 19.8 Å². The maximum absolute atomic E-state index is 13.2. The number of hydrogen-bond acceptors (Lipinski definition) is 2. The highest BCUT2D eigenvalue weighted by Gasteiger charge is 2.18. The van der Waals surface area contributed by atoms with Crippen LogP contribution in [0, 0.1) is 0 Å². The largest absolute Gasteiger partial charge is 0.496 e. The quantitative estimate of drug-likeness (QED) is 0.757. The molecule has 0 radical (unpaired) electrons. The Morgan fingerprint density at radius 3 is 1.95 bits per heavy atom. The molecule has 0 amide bonds. The van der Waals surface area contributed by atoms with Crippen LogP contribution in [-0.2, 0) is 0 Å². The van der Waals surface area contributed by atoms with Crippen LogP contribution in [0.2, 0.25) is 0 Å². The summed E-state index contributed by atoms with van der Waals surface area (Å²) in [6.45, 7) is 0. The first-order chi connectivity index (χ1) is 8.90. The van der Waals surface area contributed by atoms with Gasteiger partial charge in [-0.2, -0.15) is 17.6 Å². The number of halogens is 5. The van der Waals surface area contributed by atoms with Gasteiger partial charge in [0.2, 0.25) is 0 Å². The number of methoxy groups -OCH3 is 2. The molecule has 0 fully saturated rings. The smallest absolute Gasteiger partial charge is 0.306 e. The highest BCUT2D eigenvalue weighted by Crippen LogP contribution is 2.36. The second kappa shape index (κ2) is 6.21. The van der Waals surface area contributed by atoms with Gasteiger partial charge in [-0.25, -0.2) is 4.39 Å². The first-order valence-electron chi connectivity index (χ1n) is 4.90. The lowest BCUT2D eigenvalue weighted by atomic mass is 10.1. The lowest BCUT2D eigenvalue weighted by Gasteiger charge is -2.11. The van der Waals surface area contributed by atoms with Crippen LogP contribution in [0.1, 0.15) is 11.1 Å². The Balaban J connectivity index is 3.53. The second-order valence-corrected chi connectivity index (χ2v) is 3.30. The molecule has 0 saturated carbocycles. The van der Waals surface area contributed by atoms with Gasteiger partial charge in [-0.15, -0.1) is 0 Å². The van der Waals surface area contributed by atoms with Crippen molar-refractivity contribution in [3.05, 3.63) is 35.4 Å². The third-order valence-corrected chi connectivity index (χ3v) is 2.22. The Morgan fingerprint density at radius 1 is 0.947 bits per heavy atom. The van der Waals surface area contributed by atoms with Crippen molar-refractivity contribution in [2.24, 2.45) is 0 Å². The highest BCUT2D eigenvalue weighted by atomic mass is 19.3. The molecule has 0 aliphatic heterocycles. The number of rotatable bonds is 4. The first-order valence-corrected chi connectivity index (χ1v) is 4.90. The van der Waals surface area contributed by atoms with E-state index in [0.717, 1.165) is 26.4 Å². The number of benzene rings is 1. The number of ether oxygens (including phenoxy) is 2. The predicted octanol–water partition coefficient (Wildman–Crippen LogP) is 4.48. The van der Waals surface area contributed by atoms with E-state index in [1.165, 1.54) is 0 Å². The van der Waals surface area contributed by atoms with Crippen LogP contribution in [0.4, 0.5) is 22.0 Å². The molecule has 0 unspecified atom stereocenters. The first kappa shape index (κ1) is 15.0. The average molecular weight is 280 g/mol. The molecule has 0 N–H and O–H groups in total. The van der Waals surface area contributed by atoms with E-state index in [4.69, 9.17) is 9.47 Å². The summed E-state index contributed by atoms with van der Waals surface area (Å²) in [5, 5.41) is 0. The van der Waals surface area contributed by atoms with E-state index in [-0.39, 0.29) is 17.1 Å². The van der Waals surface area contributed by atoms with Crippen LogP contribution in [0.15, 0.2) is 24.3 Å². The summed E-state index contributed by atoms with van der Waals surface area (Å²) >= 11 is 0. The standard InChI is InChI=1S/C12H9F5O2/c1-18-8-5-7(11(15)12(16)17)9(19-2)3-6(8)4-10(13)14/h3-5H,1-2H3. The molecule has 0 spiro atoms. The van der Waals surface area contributed by atoms with Crippen LogP contribution in [0.5, 0.6) is 11.5 Å². The van der Waals surface area contributed by atoms with Crippen molar-refractivity contribution in [3.8, 4) is 11.5 Å². The zero-order valence-electron chi connectivity index (χ0n) is 9.94. The third kappa shape index (κ3) is 3.46. The lowest BCUT2D eigenvalue weighted by molar-refractivity contribution is 0.392. The Labute approximate surface area is 105 Å². The Kier molecular flexibility index (Phi) is 4.91. The van der Waals surface area contributed by atoms with Crippen molar-refractivity contribution in [3.63, 3.8) is 0 Å². The summed E-state index contributed by atoms with van der Waals surface area (Å²) in [6.07, 6.45) is -4.10. The van der Waals surface area contributed by atoms with E-state index in [2.05, 4.69) is 0 Å². The molecule has 0 saturated heterocycles. The van der Waals surface area contributed by atoms with E-state index in [9.17, 15) is 22.0 Å². The molecule has 1 aromatic carbocycles. The fourth-order valence-corrected chi connectivity index (χ4v) is 1.43.